The van der Waals surface area contributed by atoms with Crippen molar-refractivity contribution in [2.75, 3.05) is 25.0 Å². The van der Waals surface area contributed by atoms with Gasteiger partial charge in [0.2, 0.25) is 5.91 Å². The van der Waals surface area contributed by atoms with Gasteiger partial charge in [-0.15, -0.1) is 22.7 Å². The Hall–Kier alpha value is -3.16. The fourth-order valence-electron chi connectivity index (χ4n) is 3.84. The summed E-state index contributed by atoms with van der Waals surface area (Å²) in [5.74, 6) is -0.133. The minimum absolute atomic E-state index is 0.133. The quantitative estimate of drug-likeness (QED) is 0.255. The molecule has 0 radical (unpaired) electrons. The summed E-state index contributed by atoms with van der Waals surface area (Å²) in [6.07, 6.45) is 3.32. The van der Waals surface area contributed by atoms with Crippen LogP contribution in [0.1, 0.15) is 24.3 Å². The fourth-order valence-corrected chi connectivity index (χ4v) is 5.93. The Morgan fingerprint density at radius 3 is 2.45 bits per heavy atom. The van der Waals surface area contributed by atoms with Gasteiger partial charge in [0.05, 0.1) is 5.56 Å². The van der Waals surface area contributed by atoms with Crippen LogP contribution in [0, 0.1) is 6.92 Å². The van der Waals surface area contributed by atoms with Crippen LogP contribution < -0.4 is 15.8 Å². The summed E-state index contributed by atoms with van der Waals surface area (Å²) in [6.45, 7) is 8.00. The standard InChI is InChI=1S/C26H26N2O3S2/c1-5-28(6-2)17-7-10-19-16(3)25(26(30)31-20(19)15-17)23-13-12-22(33-23)21-11-8-18(32-21)9-14-24(29)27-4/h7-15H,5-6H2,1-4H3,(H,27,29). The van der Waals surface area contributed by atoms with E-state index in [1.807, 2.05) is 43.3 Å². The molecule has 0 unspecified atom stereocenters. The number of carbonyl (C=O) groups is 1. The predicted molar refractivity (Wildman–Crippen MR) is 141 cm³/mol. The number of carbonyl (C=O) groups excluding carboxylic acids is 1. The number of likely N-dealkylation sites (N-methyl/N-ethyl adjacent to an activating group) is 1. The predicted octanol–water partition coefficient (Wildman–Crippen LogP) is 6.16. The first kappa shape index (κ1) is 23.0. The summed E-state index contributed by atoms with van der Waals surface area (Å²) in [5.41, 5.74) is 2.91. The summed E-state index contributed by atoms with van der Waals surface area (Å²) in [4.78, 5) is 30.7. The molecular formula is C26H26N2O3S2. The van der Waals surface area contributed by atoms with Gasteiger partial charge >= 0.3 is 5.63 Å². The Morgan fingerprint density at radius 2 is 1.73 bits per heavy atom. The van der Waals surface area contributed by atoms with E-state index in [9.17, 15) is 9.59 Å². The first-order chi connectivity index (χ1) is 15.9. The number of benzene rings is 1. The number of hydrogen-bond donors (Lipinski definition) is 1. The molecule has 0 saturated carbocycles. The molecule has 0 spiro atoms. The van der Waals surface area contributed by atoms with Crippen molar-refractivity contribution in [2.24, 2.45) is 0 Å². The number of fused-ring (bicyclic) bond motifs is 1. The number of thiophene rings is 2. The molecule has 4 rings (SSSR count). The molecule has 0 aliphatic rings. The van der Waals surface area contributed by atoms with Gasteiger partial charge in [-0.3, -0.25) is 4.79 Å². The molecule has 1 N–H and O–H groups in total. The van der Waals surface area contributed by atoms with Gasteiger partial charge in [-0.25, -0.2) is 4.79 Å². The van der Waals surface area contributed by atoms with Crippen LogP contribution in [-0.2, 0) is 4.79 Å². The summed E-state index contributed by atoms with van der Waals surface area (Å²) in [5, 5.41) is 3.52. The van der Waals surface area contributed by atoms with Crippen LogP contribution in [-0.4, -0.2) is 26.0 Å². The molecular weight excluding hydrogens is 452 g/mol. The number of anilines is 1. The van der Waals surface area contributed by atoms with E-state index < -0.39 is 0 Å². The average molecular weight is 479 g/mol. The van der Waals surface area contributed by atoms with E-state index in [0.29, 0.717) is 11.1 Å². The maximum atomic E-state index is 13.0. The van der Waals surface area contributed by atoms with Crippen molar-refractivity contribution < 1.29 is 9.21 Å². The fraction of sp³-hybridized carbons (Fsp3) is 0.231. The van der Waals surface area contributed by atoms with Crippen LogP contribution in [0.3, 0.4) is 0 Å². The Balaban J connectivity index is 1.69. The van der Waals surface area contributed by atoms with Crippen LogP contribution in [0.5, 0.6) is 0 Å². The summed E-state index contributed by atoms with van der Waals surface area (Å²) >= 11 is 3.18. The van der Waals surface area contributed by atoms with E-state index in [-0.39, 0.29) is 11.5 Å². The zero-order valence-electron chi connectivity index (χ0n) is 19.1. The third kappa shape index (κ3) is 4.65. The molecule has 0 atom stereocenters. The third-order valence-electron chi connectivity index (χ3n) is 5.65. The average Bonchev–Trinajstić information content (AvgIpc) is 3.48. The number of nitrogens with one attached hydrogen (secondary N) is 1. The lowest BCUT2D eigenvalue weighted by Gasteiger charge is -2.21. The highest BCUT2D eigenvalue weighted by molar-refractivity contribution is 7.24. The van der Waals surface area contributed by atoms with Crippen molar-refractivity contribution in [1.82, 2.24) is 5.32 Å². The second kappa shape index (κ2) is 9.77. The molecule has 7 heteroatoms. The van der Waals surface area contributed by atoms with Crippen LogP contribution >= 0.6 is 22.7 Å². The van der Waals surface area contributed by atoms with Crippen LogP contribution in [0.4, 0.5) is 5.69 Å². The molecule has 0 aliphatic carbocycles. The molecule has 3 aromatic heterocycles. The lowest BCUT2D eigenvalue weighted by atomic mass is 10.0. The van der Waals surface area contributed by atoms with Gasteiger partial charge in [0.15, 0.2) is 0 Å². The number of amides is 1. The van der Waals surface area contributed by atoms with E-state index in [0.717, 1.165) is 49.2 Å². The van der Waals surface area contributed by atoms with Crippen LogP contribution in [0.25, 0.3) is 37.2 Å². The van der Waals surface area contributed by atoms with Gasteiger partial charge in [0.1, 0.15) is 5.58 Å². The molecule has 1 amide bonds. The van der Waals surface area contributed by atoms with Gasteiger partial charge in [-0.05, 0) is 68.8 Å². The zero-order chi connectivity index (χ0) is 23.5. The highest BCUT2D eigenvalue weighted by atomic mass is 32.1. The Bertz CT molecular complexity index is 1390. The Labute approximate surface area is 201 Å². The monoisotopic (exact) mass is 478 g/mol. The SMILES string of the molecule is CCN(CC)c1ccc2c(C)c(-c3ccc(-c4ccc(C=CC(=O)NC)s4)s3)c(=O)oc2c1. The smallest absolute Gasteiger partial charge is 0.345 e. The maximum absolute atomic E-state index is 13.0. The largest absolute Gasteiger partial charge is 0.422 e. The Kier molecular flexibility index (Phi) is 6.81. The molecule has 33 heavy (non-hydrogen) atoms. The van der Waals surface area contributed by atoms with Gasteiger partial charge in [0.25, 0.3) is 0 Å². The zero-order valence-corrected chi connectivity index (χ0v) is 20.7. The molecule has 0 fully saturated rings. The highest BCUT2D eigenvalue weighted by Gasteiger charge is 2.17. The third-order valence-corrected chi connectivity index (χ3v) is 8.00. The molecule has 0 bridgehead atoms. The first-order valence-electron chi connectivity index (χ1n) is 10.9. The lowest BCUT2D eigenvalue weighted by Crippen LogP contribution is -2.21. The van der Waals surface area contributed by atoms with Gasteiger partial charge in [0, 0.05) is 62.9 Å². The molecule has 0 saturated heterocycles. The number of aryl methyl sites for hydroxylation is 1. The van der Waals surface area contributed by atoms with E-state index in [2.05, 4.69) is 30.1 Å². The topological polar surface area (TPSA) is 62.6 Å². The minimum atomic E-state index is -0.314. The molecule has 1 aromatic carbocycles. The number of nitrogens with zero attached hydrogens (tertiary/aromatic N) is 1. The number of hydrogen-bond acceptors (Lipinski definition) is 6. The second-order valence-electron chi connectivity index (χ2n) is 7.56. The first-order valence-corrected chi connectivity index (χ1v) is 12.5. The molecule has 5 nitrogen and oxygen atoms in total. The van der Waals surface area contributed by atoms with Crippen molar-refractivity contribution in [3.8, 4) is 20.2 Å². The van der Waals surface area contributed by atoms with Gasteiger partial charge in [-0.1, -0.05) is 0 Å². The van der Waals surface area contributed by atoms with Gasteiger partial charge in [-0.2, -0.15) is 0 Å². The van der Waals surface area contributed by atoms with E-state index in [4.69, 9.17) is 4.42 Å². The molecule has 0 aliphatic heterocycles. The molecule has 4 aromatic rings. The van der Waals surface area contributed by atoms with E-state index in [1.165, 1.54) is 6.08 Å². The highest BCUT2D eigenvalue weighted by Crippen LogP contribution is 2.39. The molecule has 170 valence electrons. The Morgan fingerprint density at radius 1 is 1.03 bits per heavy atom. The van der Waals surface area contributed by atoms with E-state index >= 15 is 0 Å². The van der Waals surface area contributed by atoms with Crippen molar-refractivity contribution in [2.45, 2.75) is 20.8 Å². The van der Waals surface area contributed by atoms with Gasteiger partial charge < -0.3 is 14.6 Å². The summed E-state index contributed by atoms with van der Waals surface area (Å²) < 4.78 is 5.77. The van der Waals surface area contributed by atoms with Crippen molar-refractivity contribution in [3.63, 3.8) is 0 Å². The van der Waals surface area contributed by atoms with E-state index in [1.54, 1.807) is 35.8 Å². The maximum Gasteiger partial charge on any atom is 0.345 e. The van der Waals surface area contributed by atoms with Crippen LogP contribution in [0.15, 0.2) is 57.8 Å². The van der Waals surface area contributed by atoms with Crippen LogP contribution in [0.2, 0.25) is 0 Å². The summed E-state index contributed by atoms with van der Waals surface area (Å²) in [7, 11) is 1.61. The lowest BCUT2D eigenvalue weighted by molar-refractivity contribution is -0.115. The minimum Gasteiger partial charge on any atom is -0.422 e. The van der Waals surface area contributed by atoms with Crippen molar-refractivity contribution in [3.05, 3.63) is 69.4 Å². The number of rotatable bonds is 7. The normalized spacial score (nSPS) is 11.4. The molecule has 3 heterocycles. The van der Waals surface area contributed by atoms with Crippen molar-refractivity contribution >= 4 is 51.3 Å². The second-order valence-corrected chi connectivity index (χ2v) is 9.75. The summed E-state index contributed by atoms with van der Waals surface area (Å²) in [6, 6.07) is 14.1. The van der Waals surface area contributed by atoms with Crippen molar-refractivity contribution in [1.29, 1.82) is 0 Å².